The summed E-state index contributed by atoms with van der Waals surface area (Å²) in [7, 11) is 0. The summed E-state index contributed by atoms with van der Waals surface area (Å²) in [6.45, 7) is 5.44. The van der Waals surface area contributed by atoms with Crippen LogP contribution in [0.25, 0.3) is 11.3 Å². The third kappa shape index (κ3) is 2.38. The third-order valence-electron chi connectivity index (χ3n) is 5.60. The van der Waals surface area contributed by atoms with Gasteiger partial charge in [-0.15, -0.1) is 0 Å². The Bertz CT molecular complexity index is 909. The summed E-state index contributed by atoms with van der Waals surface area (Å²) in [5.74, 6) is 0.237. The second kappa shape index (κ2) is 5.59. The van der Waals surface area contributed by atoms with Crippen molar-refractivity contribution in [2.45, 2.75) is 32.1 Å². The summed E-state index contributed by atoms with van der Waals surface area (Å²) >= 11 is 0. The van der Waals surface area contributed by atoms with Crippen molar-refractivity contribution in [3.05, 3.63) is 29.6 Å². The number of anilines is 2. The number of hydrogen-bond donors (Lipinski definition) is 3. The maximum absolute atomic E-state index is 11.6. The number of carbonyl (C=O) groups is 1. The van der Waals surface area contributed by atoms with Gasteiger partial charge in [-0.05, 0) is 36.0 Å². The monoisotopic (exact) mass is 353 g/mol. The minimum absolute atomic E-state index is 0.188. The fourth-order valence-corrected chi connectivity index (χ4v) is 4.37. The lowest BCUT2D eigenvalue weighted by Crippen LogP contribution is -2.31. The normalized spacial score (nSPS) is 20.5. The number of hydrogen-bond acceptors (Lipinski definition) is 6. The molecule has 7 nitrogen and oxygen atoms in total. The molecule has 4 rings (SSSR count). The number of rotatable bonds is 2. The van der Waals surface area contributed by atoms with Gasteiger partial charge in [-0.3, -0.25) is 4.79 Å². The summed E-state index contributed by atoms with van der Waals surface area (Å²) in [5.41, 5.74) is 15.9. The van der Waals surface area contributed by atoms with Crippen molar-refractivity contribution in [2.24, 2.45) is 11.7 Å². The molecule has 1 fully saturated rings. The van der Waals surface area contributed by atoms with Crippen LogP contribution in [0.2, 0.25) is 0 Å². The molecule has 0 spiro atoms. The zero-order valence-corrected chi connectivity index (χ0v) is 15.0. The van der Waals surface area contributed by atoms with Crippen molar-refractivity contribution in [1.29, 1.82) is 0 Å². The van der Waals surface area contributed by atoms with E-state index in [-0.39, 0.29) is 23.0 Å². The number of aromatic nitrogens is 2. The van der Waals surface area contributed by atoms with Crippen LogP contribution in [0.1, 0.15) is 31.4 Å². The van der Waals surface area contributed by atoms with E-state index in [1.54, 1.807) is 6.07 Å². The van der Waals surface area contributed by atoms with Crippen LogP contribution in [0, 0.1) is 5.92 Å². The highest BCUT2D eigenvalue weighted by Gasteiger charge is 2.38. The van der Waals surface area contributed by atoms with Gasteiger partial charge in [0.15, 0.2) is 0 Å². The molecule has 1 amide bonds. The van der Waals surface area contributed by atoms with Crippen molar-refractivity contribution in [1.82, 2.24) is 9.97 Å². The average Bonchev–Trinajstić information content (AvgIpc) is 3.03. The highest BCUT2D eigenvalue weighted by atomic mass is 16.3. The smallest absolute Gasteiger partial charge is 0.222 e. The fourth-order valence-electron chi connectivity index (χ4n) is 4.37. The predicted molar refractivity (Wildman–Crippen MR) is 99.8 cm³/mol. The Balaban J connectivity index is 1.89. The molecule has 2 aliphatic rings. The zero-order valence-electron chi connectivity index (χ0n) is 15.0. The Morgan fingerprint density at radius 2 is 2.12 bits per heavy atom. The molecule has 136 valence electrons. The van der Waals surface area contributed by atoms with Crippen molar-refractivity contribution < 1.29 is 9.90 Å². The average molecular weight is 353 g/mol. The number of benzene rings is 1. The van der Waals surface area contributed by atoms with E-state index in [1.165, 1.54) is 6.33 Å². The van der Waals surface area contributed by atoms with Crippen LogP contribution in [-0.4, -0.2) is 34.1 Å². The van der Waals surface area contributed by atoms with Gasteiger partial charge < -0.3 is 21.5 Å². The summed E-state index contributed by atoms with van der Waals surface area (Å²) in [5, 5.41) is 10.6. The van der Waals surface area contributed by atoms with Gasteiger partial charge in [0.05, 0.1) is 17.3 Å². The maximum Gasteiger partial charge on any atom is 0.222 e. The topological polar surface area (TPSA) is 118 Å². The van der Waals surface area contributed by atoms with Crippen LogP contribution in [0.5, 0.6) is 5.75 Å². The van der Waals surface area contributed by atoms with E-state index in [0.29, 0.717) is 31.7 Å². The van der Waals surface area contributed by atoms with E-state index in [4.69, 9.17) is 11.5 Å². The number of phenolic OH excluding ortho intramolecular Hbond substituents is 1. The molecule has 1 aromatic carbocycles. The Morgan fingerprint density at radius 3 is 2.81 bits per heavy atom. The number of nitrogens with two attached hydrogens (primary N) is 2. The largest absolute Gasteiger partial charge is 0.506 e. The zero-order chi connectivity index (χ0) is 18.6. The quantitative estimate of drug-likeness (QED) is 0.754. The molecule has 1 aromatic heterocycles. The Kier molecular flexibility index (Phi) is 3.57. The standard InChI is InChI=1S/C19H23N5O2/c1-19(2)7-12-11(15-14(19)17(20)23-9-22-15)3-4-13(25)16(12)24-6-5-10(8-24)18(21)26/h3-4,9-10,25H,5-8H2,1-2H3,(H2,21,26)(H2,20,22,23). The first kappa shape index (κ1) is 16.6. The Hall–Kier alpha value is -2.83. The molecule has 1 aliphatic heterocycles. The number of nitrogens with zero attached hydrogens (tertiary/aromatic N) is 3. The number of primary amides is 1. The fraction of sp³-hybridized carbons (Fsp3) is 0.421. The molecule has 2 heterocycles. The molecule has 0 bridgehead atoms. The molecular formula is C19H23N5O2. The minimum Gasteiger partial charge on any atom is -0.506 e. The minimum atomic E-state index is -0.289. The highest BCUT2D eigenvalue weighted by molar-refractivity contribution is 5.84. The Morgan fingerprint density at radius 1 is 1.35 bits per heavy atom. The van der Waals surface area contributed by atoms with Gasteiger partial charge in [0.1, 0.15) is 17.9 Å². The summed E-state index contributed by atoms with van der Waals surface area (Å²) < 4.78 is 0. The number of carbonyl (C=O) groups excluding carboxylic acids is 1. The Labute approximate surface area is 152 Å². The van der Waals surface area contributed by atoms with E-state index < -0.39 is 0 Å². The van der Waals surface area contributed by atoms with Crippen LogP contribution in [0.15, 0.2) is 18.5 Å². The van der Waals surface area contributed by atoms with Gasteiger partial charge in [-0.1, -0.05) is 13.8 Å². The van der Waals surface area contributed by atoms with E-state index in [2.05, 4.69) is 28.7 Å². The second-order valence-corrected chi connectivity index (χ2v) is 7.84. The van der Waals surface area contributed by atoms with Crippen LogP contribution in [0.3, 0.4) is 0 Å². The van der Waals surface area contributed by atoms with Gasteiger partial charge in [0.2, 0.25) is 5.91 Å². The van der Waals surface area contributed by atoms with Gasteiger partial charge in [0, 0.05) is 24.2 Å². The molecule has 5 N–H and O–H groups in total. The highest BCUT2D eigenvalue weighted by Crippen LogP contribution is 2.49. The first-order chi connectivity index (χ1) is 12.3. The number of amides is 1. The molecule has 1 aliphatic carbocycles. The first-order valence-electron chi connectivity index (χ1n) is 8.80. The number of phenols is 1. The van der Waals surface area contributed by atoms with Gasteiger partial charge in [-0.2, -0.15) is 0 Å². The second-order valence-electron chi connectivity index (χ2n) is 7.84. The van der Waals surface area contributed by atoms with Crippen LogP contribution in [0.4, 0.5) is 11.5 Å². The molecule has 0 saturated carbocycles. The molecule has 1 atom stereocenters. The summed E-state index contributed by atoms with van der Waals surface area (Å²) in [4.78, 5) is 22.3. The van der Waals surface area contributed by atoms with Crippen molar-refractivity contribution in [2.75, 3.05) is 23.7 Å². The van der Waals surface area contributed by atoms with Gasteiger partial charge in [0.25, 0.3) is 0 Å². The van der Waals surface area contributed by atoms with Crippen molar-refractivity contribution in [3.63, 3.8) is 0 Å². The van der Waals surface area contributed by atoms with E-state index >= 15 is 0 Å². The lowest BCUT2D eigenvalue weighted by molar-refractivity contribution is -0.121. The maximum atomic E-state index is 11.6. The van der Waals surface area contributed by atoms with Crippen molar-refractivity contribution >= 4 is 17.4 Å². The van der Waals surface area contributed by atoms with Gasteiger partial charge >= 0.3 is 0 Å². The molecule has 1 unspecified atom stereocenters. The number of aromatic hydroxyl groups is 1. The number of nitrogen functional groups attached to an aromatic ring is 1. The molecular weight excluding hydrogens is 330 g/mol. The van der Waals surface area contributed by atoms with E-state index in [9.17, 15) is 9.90 Å². The molecule has 2 aromatic rings. The van der Waals surface area contributed by atoms with Crippen LogP contribution < -0.4 is 16.4 Å². The first-order valence-corrected chi connectivity index (χ1v) is 8.80. The van der Waals surface area contributed by atoms with E-state index in [1.807, 2.05) is 6.07 Å². The van der Waals surface area contributed by atoms with Crippen LogP contribution >= 0.6 is 0 Å². The predicted octanol–water partition coefficient (Wildman–Crippen LogP) is 1.58. The molecule has 0 radical (unpaired) electrons. The summed E-state index contributed by atoms with van der Waals surface area (Å²) in [6.07, 6.45) is 2.88. The lowest BCUT2D eigenvalue weighted by atomic mass is 9.71. The molecule has 26 heavy (non-hydrogen) atoms. The van der Waals surface area contributed by atoms with Gasteiger partial charge in [-0.25, -0.2) is 9.97 Å². The summed E-state index contributed by atoms with van der Waals surface area (Å²) in [6, 6.07) is 3.57. The lowest BCUT2D eigenvalue weighted by Gasteiger charge is -2.36. The number of fused-ring (bicyclic) bond motifs is 3. The molecule has 7 heteroatoms. The van der Waals surface area contributed by atoms with Crippen LogP contribution in [-0.2, 0) is 16.6 Å². The molecule has 1 saturated heterocycles. The van der Waals surface area contributed by atoms with Crippen molar-refractivity contribution in [3.8, 4) is 17.0 Å². The third-order valence-corrected chi connectivity index (χ3v) is 5.60. The van der Waals surface area contributed by atoms with E-state index in [0.717, 1.165) is 28.1 Å². The SMILES string of the molecule is CC1(C)Cc2c(ccc(O)c2N2CCC(C(N)=O)C2)-c2ncnc(N)c21.